The minimum atomic E-state index is -0.806. The van der Waals surface area contributed by atoms with Crippen LogP contribution in [0.15, 0.2) is 49.2 Å². The molecule has 2 N–H and O–H groups in total. The van der Waals surface area contributed by atoms with E-state index in [1.165, 1.54) is 5.01 Å². The lowest BCUT2D eigenvalue weighted by molar-refractivity contribution is -0.157. The van der Waals surface area contributed by atoms with Crippen LogP contribution in [0.1, 0.15) is 91.0 Å². The molecule has 1 fully saturated rings. The number of pyridine rings is 1. The molecule has 2 aromatic rings. The molecular weight excluding hydrogens is 556 g/mol. The summed E-state index contributed by atoms with van der Waals surface area (Å²) in [6.45, 7) is 15.4. The Morgan fingerprint density at radius 1 is 1.16 bits per heavy atom. The molecule has 9 heteroatoms. The third kappa shape index (κ3) is 9.08. The lowest BCUT2D eigenvalue weighted by atomic mass is 9.87. The summed E-state index contributed by atoms with van der Waals surface area (Å²) in [5, 5.41) is 6.21. The molecule has 1 aliphatic heterocycles. The van der Waals surface area contributed by atoms with E-state index in [2.05, 4.69) is 22.3 Å². The van der Waals surface area contributed by atoms with Gasteiger partial charge in [-0.3, -0.25) is 29.2 Å². The predicted molar refractivity (Wildman–Crippen MR) is 173 cm³/mol. The van der Waals surface area contributed by atoms with Crippen molar-refractivity contribution in [3.8, 4) is 0 Å². The van der Waals surface area contributed by atoms with Gasteiger partial charge in [-0.05, 0) is 81.5 Å². The molecule has 238 valence electrons. The number of nitrogens with zero attached hydrogens (tertiary/aromatic N) is 2. The van der Waals surface area contributed by atoms with Crippen molar-refractivity contribution in [2.24, 2.45) is 17.8 Å². The standard InChI is InChI=1S/C35H48N4O5/c1-8-12-25(9-2)32(40)17-16-30(22(4)5)33(41)37-23(6)34(42)39-18-11-13-31(38-39)35(43)44-24(7)26-14-15-27-21-36-29(10-3)20-28(27)19-26/h8,10,12,14-15,19-25,30-31,38H,3,9,11,13,16-18H2,1-2,4-7H3,(H,37,41)/b12-8+/t23?,24-,25-,30?,31?/m1/s1. The van der Waals surface area contributed by atoms with Gasteiger partial charge in [-0.2, -0.15) is 0 Å². The number of ketones is 1. The average molecular weight is 605 g/mol. The number of amides is 2. The van der Waals surface area contributed by atoms with Crippen molar-refractivity contribution < 1.29 is 23.9 Å². The van der Waals surface area contributed by atoms with E-state index in [9.17, 15) is 19.2 Å². The maximum atomic E-state index is 13.3. The van der Waals surface area contributed by atoms with Crippen LogP contribution in [0.25, 0.3) is 16.8 Å². The highest BCUT2D eigenvalue weighted by Crippen LogP contribution is 2.25. The van der Waals surface area contributed by atoms with E-state index >= 15 is 0 Å². The summed E-state index contributed by atoms with van der Waals surface area (Å²) in [5.41, 5.74) is 4.63. The minimum absolute atomic E-state index is 0.00413. The lowest BCUT2D eigenvalue weighted by Crippen LogP contribution is -2.59. The molecule has 2 heterocycles. The quantitative estimate of drug-likeness (QED) is 0.210. The summed E-state index contributed by atoms with van der Waals surface area (Å²) in [6.07, 6.45) is 9.36. The van der Waals surface area contributed by atoms with Gasteiger partial charge in [0.05, 0.1) is 5.69 Å². The van der Waals surface area contributed by atoms with E-state index in [4.69, 9.17) is 4.74 Å². The highest BCUT2D eigenvalue weighted by Gasteiger charge is 2.33. The Labute approximate surface area is 261 Å². The number of carbonyl (C=O) groups excluding carboxylic acids is 4. The van der Waals surface area contributed by atoms with Gasteiger partial charge < -0.3 is 10.1 Å². The van der Waals surface area contributed by atoms with Crippen LogP contribution in [0.2, 0.25) is 0 Å². The molecule has 0 spiro atoms. The fourth-order valence-corrected chi connectivity index (χ4v) is 5.55. The van der Waals surface area contributed by atoms with Crippen molar-refractivity contribution in [1.82, 2.24) is 20.7 Å². The summed E-state index contributed by atoms with van der Waals surface area (Å²) >= 11 is 0. The van der Waals surface area contributed by atoms with Gasteiger partial charge in [0.2, 0.25) is 5.91 Å². The third-order valence-electron chi connectivity index (χ3n) is 8.33. The Morgan fingerprint density at radius 2 is 1.91 bits per heavy atom. The summed E-state index contributed by atoms with van der Waals surface area (Å²) in [4.78, 5) is 56.6. The van der Waals surface area contributed by atoms with E-state index in [0.717, 1.165) is 28.5 Å². The van der Waals surface area contributed by atoms with Crippen molar-refractivity contribution >= 4 is 40.4 Å². The molecule has 1 saturated heterocycles. The van der Waals surface area contributed by atoms with E-state index in [-0.39, 0.29) is 29.4 Å². The summed E-state index contributed by atoms with van der Waals surface area (Å²) in [6, 6.07) is 6.27. The van der Waals surface area contributed by atoms with E-state index in [1.807, 2.05) is 71.0 Å². The Balaban J connectivity index is 1.57. The molecule has 2 amide bonds. The lowest BCUT2D eigenvalue weighted by Gasteiger charge is -2.35. The first-order chi connectivity index (χ1) is 21.0. The van der Waals surface area contributed by atoms with Crippen LogP contribution in [0.4, 0.5) is 0 Å². The topological polar surface area (TPSA) is 118 Å². The van der Waals surface area contributed by atoms with Crippen LogP contribution >= 0.6 is 0 Å². The Kier molecular flexibility index (Phi) is 12.8. The molecular formula is C35H48N4O5. The normalized spacial score (nSPS) is 18.1. The van der Waals surface area contributed by atoms with Gasteiger partial charge in [-0.25, -0.2) is 5.43 Å². The molecule has 9 nitrogen and oxygen atoms in total. The predicted octanol–water partition coefficient (Wildman–Crippen LogP) is 5.71. The average Bonchev–Trinajstić information content (AvgIpc) is 3.02. The van der Waals surface area contributed by atoms with Gasteiger partial charge >= 0.3 is 5.97 Å². The number of hydrazine groups is 1. The molecule has 1 aromatic heterocycles. The monoisotopic (exact) mass is 604 g/mol. The second kappa shape index (κ2) is 16.3. The highest BCUT2D eigenvalue weighted by atomic mass is 16.5. The molecule has 0 aliphatic carbocycles. The van der Waals surface area contributed by atoms with Crippen molar-refractivity contribution in [2.75, 3.05) is 6.54 Å². The number of carbonyl (C=O) groups is 4. The number of Topliss-reactive ketones (excluding diaryl/α,β-unsaturated/α-hetero) is 1. The van der Waals surface area contributed by atoms with Crippen LogP contribution < -0.4 is 10.7 Å². The first-order valence-electron chi connectivity index (χ1n) is 15.7. The zero-order valence-corrected chi connectivity index (χ0v) is 27.0. The SMILES string of the molecule is C=Cc1cc2cc([C@@H](C)OC(=O)C3CCCN(C(=O)C(C)NC(=O)C(CCC(=O)[C@@H](/C=C/C)CC)C(C)C)N3)ccc2cn1. The summed E-state index contributed by atoms with van der Waals surface area (Å²) in [7, 11) is 0. The summed E-state index contributed by atoms with van der Waals surface area (Å²) < 4.78 is 5.80. The number of rotatable bonds is 14. The van der Waals surface area contributed by atoms with Crippen molar-refractivity contribution in [3.05, 3.63) is 60.5 Å². The number of nitrogens with one attached hydrogen (secondary N) is 2. The Morgan fingerprint density at radius 3 is 2.57 bits per heavy atom. The molecule has 44 heavy (non-hydrogen) atoms. The van der Waals surface area contributed by atoms with Gasteiger partial charge in [0, 0.05) is 36.4 Å². The number of hydrogen-bond donors (Lipinski definition) is 2. The fraction of sp³-hybridized carbons (Fsp3) is 0.514. The van der Waals surface area contributed by atoms with E-state index in [0.29, 0.717) is 32.2 Å². The number of esters is 1. The maximum Gasteiger partial charge on any atom is 0.325 e. The third-order valence-corrected chi connectivity index (χ3v) is 8.33. The van der Waals surface area contributed by atoms with Crippen LogP contribution in [0.3, 0.4) is 0 Å². The largest absolute Gasteiger partial charge is 0.457 e. The van der Waals surface area contributed by atoms with Gasteiger partial charge in [-0.15, -0.1) is 0 Å². The number of allylic oxidation sites excluding steroid dienone is 2. The van der Waals surface area contributed by atoms with E-state index < -0.39 is 30.1 Å². The van der Waals surface area contributed by atoms with Gasteiger partial charge in [0.25, 0.3) is 5.91 Å². The molecule has 1 aromatic carbocycles. The first-order valence-corrected chi connectivity index (χ1v) is 15.7. The van der Waals surface area contributed by atoms with Crippen molar-refractivity contribution in [3.63, 3.8) is 0 Å². The van der Waals surface area contributed by atoms with Crippen molar-refractivity contribution in [2.45, 2.75) is 91.8 Å². The number of benzene rings is 1. The second-order valence-electron chi connectivity index (χ2n) is 11.9. The molecule has 0 bridgehead atoms. The molecule has 1 aliphatic rings. The zero-order valence-electron chi connectivity index (χ0n) is 27.0. The second-order valence-corrected chi connectivity index (χ2v) is 11.9. The number of hydrogen-bond acceptors (Lipinski definition) is 7. The van der Waals surface area contributed by atoms with Crippen LogP contribution in [-0.4, -0.2) is 52.2 Å². The number of fused-ring (bicyclic) bond motifs is 1. The molecule has 0 saturated carbocycles. The number of ether oxygens (including phenoxy) is 1. The Bertz CT molecular complexity index is 1370. The first kappa shape index (κ1) is 34.6. The number of aromatic nitrogens is 1. The van der Waals surface area contributed by atoms with Crippen LogP contribution in [0.5, 0.6) is 0 Å². The van der Waals surface area contributed by atoms with Crippen molar-refractivity contribution in [1.29, 1.82) is 0 Å². The molecule has 5 atom stereocenters. The summed E-state index contributed by atoms with van der Waals surface area (Å²) in [5.74, 6) is -1.43. The molecule has 3 unspecified atom stereocenters. The fourth-order valence-electron chi connectivity index (χ4n) is 5.55. The highest BCUT2D eigenvalue weighted by molar-refractivity contribution is 5.89. The smallest absolute Gasteiger partial charge is 0.325 e. The Hall–Kier alpha value is -3.85. The zero-order chi connectivity index (χ0) is 32.4. The molecule has 3 rings (SSSR count). The maximum absolute atomic E-state index is 13.3. The van der Waals surface area contributed by atoms with Gasteiger partial charge in [0.1, 0.15) is 24.0 Å². The molecule has 0 radical (unpaired) electrons. The van der Waals surface area contributed by atoms with Crippen LogP contribution in [0, 0.1) is 17.8 Å². The van der Waals surface area contributed by atoms with Gasteiger partial charge in [0.15, 0.2) is 0 Å². The van der Waals surface area contributed by atoms with Gasteiger partial charge in [-0.1, -0.05) is 51.6 Å². The minimum Gasteiger partial charge on any atom is -0.457 e. The van der Waals surface area contributed by atoms with Crippen LogP contribution in [-0.2, 0) is 23.9 Å². The van der Waals surface area contributed by atoms with E-state index in [1.54, 1.807) is 19.2 Å².